The van der Waals surface area contributed by atoms with Crippen molar-refractivity contribution in [3.05, 3.63) is 35.9 Å². The maximum Gasteiger partial charge on any atom is 0.262 e. The lowest BCUT2D eigenvalue weighted by molar-refractivity contribution is -0.124. The monoisotopic (exact) mass is 263 g/mol. The number of nitrogens with zero attached hydrogens (tertiary/aromatic N) is 1. The Balaban J connectivity index is 1.78. The van der Waals surface area contributed by atoms with Gasteiger partial charge in [0.1, 0.15) is 5.25 Å². The third-order valence-corrected chi connectivity index (χ3v) is 3.45. The molecule has 0 saturated heterocycles. The molecule has 0 radical (unpaired) electrons. The molecule has 0 fully saturated rings. The summed E-state index contributed by atoms with van der Waals surface area (Å²) < 4.78 is 0. The molecular weight excluding hydrogens is 250 g/mol. The fourth-order valence-electron chi connectivity index (χ4n) is 1.57. The molecule has 0 spiro atoms. The molecule has 3 N–H and O–H groups in total. The molecule has 1 atom stereocenters. The number of hydrogen-bond acceptors (Lipinski definition) is 4. The summed E-state index contributed by atoms with van der Waals surface area (Å²) in [6.07, 6.45) is 0.112. The van der Waals surface area contributed by atoms with Crippen molar-refractivity contribution in [1.29, 1.82) is 0 Å². The number of aliphatic imine (C=N–C) groups is 1. The third-order valence-electron chi connectivity index (χ3n) is 2.46. The number of amidine groups is 1. The van der Waals surface area contributed by atoms with Crippen molar-refractivity contribution >= 4 is 28.7 Å². The van der Waals surface area contributed by atoms with E-state index in [4.69, 9.17) is 5.73 Å². The molecule has 0 bridgehead atoms. The topological polar surface area (TPSA) is 84.5 Å². The van der Waals surface area contributed by atoms with Crippen LogP contribution in [0.25, 0.3) is 0 Å². The van der Waals surface area contributed by atoms with E-state index in [1.807, 2.05) is 30.3 Å². The summed E-state index contributed by atoms with van der Waals surface area (Å²) in [6.45, 7) is 0.460. The predicted octanol–water partition coefficient (Wildman–Crippen LogP) is 0.650. The molecule has 0 unspecified atom stereocenters. The highest BCUT2D eigenvalue weighted by Gasteiger charge is 2.28. The van der Waals surface area contributed by atoms with Gasteiger partial charge in [0.15, 0.2) is 5.17 Å². The van der Waals surface area contributed by atoms with Crippen LogP contribution in [0.1, 0.15) is 12.0 Å². The zero-order valence-corrected chi connectivity index (χ0v) is 10.4. The summed E-state index contributed by atoms with van der Waals surface area (Å²) in [7, 11) is 0. The Bertz CT molecular complexity index is 487. The van der Waals surface area contributed by atoms with E-state index in [2.05, 4.69) is 10.3 Å². The van der Waals surface area contributed by atoms with Gasteiger partial charge in [0.05, 0.1) is 0 Å². The standard InChI is InChI=1S/C12H13N3O2S/c13-12-15-11(17)9(18-12)6-10(16)14-7-8-4-2-1-3-5-8/h1-5,9H,6-7H2,(H,14,16)(H2,13,15,17)/t9-/m1/s1. The van der Waals surface area contributed by atoms with Crippen LogP contribution in [0.3, 0.4) is 0 Å². The minimum atomic E-state index is -0.472. The SMILES string of the molecule is NC1=NC(=O)[C@@H](CC(=O)NCc2ccccc2)S1. The molecule has 1 aliphatic rings. The first-order valence-electron chi connectivity index (χ1n) is 5.50. The minimum Gasteiger partial charge on any atom is -0.378 e. The molecule has 1 aliphatic heterocycles. The first-order chi connectivity index (χ1) is 8.65. The van der Waals surface area contributed by atoms with E-state index in [9.17, 15) is 9.59 Å². The van der Waals surface area contributed by atoms with Crippen LogP contribution in [-0.4, -0.2) is 22.2 Å². The molecule has 2 amide bonds. The second-order valence-corrected chi connectivity index (χ2v) is 5.08. The number of amides is 2. The molecule has 0 aromatic heterocycles. The Hall–Kier alpha value is -1.82. The van der Waals surface area contributed by atoms with Crippen LogP contribution >= 0.6 is 11.8 Å². The summed E-state index contributed by atoms with van der Waals surface area (Å²) in [5.41, 5.74) is 6.44. The highest BCUT2D eigenvalue weighted by molar-refractivity contribution is 8.15. The van der Waals surface area contributed by atoms with Crippen LogP contribution in [0.4, 0.5) is 0 Å². The van der Waals surface area contributed by atoms with E-state index in [-0.39, 0.29) is 23.4 Å². The Labute approximate surface area is 109 Å². The molecule has 1 aromatic carbocycles. The molecule has 5 nitrogen and oxygen atoms in total. The lowest BCUT2D eigenvalue weighted by Gasteiger charge is -2.07. The van der Waals surface area contributed by atoms with E-state index in [1.165, 1.54) is 0 Å². The quantitative estimate of drug-likeness (QED) is 0.835. The fourth-order valence-corrected chi connectivity index (χ4v) is 2.39. The van der Waals surface area contributed by atoms with Gasteiger partial charge >= 0.3 is 0 Å². The Morgan fingerprint density at radius 1 is 1.39 bits per heavy atom. The van der Waals surface area contributed by atoms with Gasteiger partial charge in [-0.25, -0.2) is 0 Å². The van der Waals surface area contributed by atoms with Crippen LogP contribution in [0, 0.1) is 0 Å². The molecular formula is C12H13N3O2S. The van der Waals surface area contributed by atoms with Crippen molar-refractivity contribution in [1.82, 2.24) is 5.32 Å². The highest BCUT2D eigenvalue weighted by Crippen LogP contribution is 2.22. The lowest BCUT2D eigenvalue weighted by atomic mass is 10.2. The van der Waals surface area contributed by atoms with Crippen LogP contribution < -0.4 is 11.1 Å². The van der Waals surface area contributed by atoms with Gasteiger partial charge in [-0.15, -0.1) is 0 Å². The van der Waals surface area contributed by atoms with Gasteiger partial charge < -0.3 is 11.1 Å². The number of nitrogens with one attached hydrogen (secondary N) is 1. The van der Waals surface area contributed by atoms with E-state index in [0.717, 1.165) is 17.3 Å². The summed E-state index contributed by atoms with van der Waals surface area (Å²) in [4.78, 5) is 26.6. The lowest BCUT2D eigenvalue weighted by Crippen LogP contribution is -2.27. The van der Waals surface area contributed by atoms with E-state index < -0.39 is 5.25 Å². The van der Waals surface area contributed by atoms with Gasteiger partial charge in [0, 0.05) is 13.0 Å². The van der Waals surface area contributed by atoms with Gasteiger partial charge in [-0.1, -0.05) is 42.1 Å². The summed E-state index contributed by atoms with van der Waals surface area (Å²) in [6, 6.07) is 9.59. The normalized spacial score (nSPS) is 18.6. The fraction of sp³-hybridized carbons (Fsp3) is 0.250. The molecule has 0 saturated carbocycles. The third kappa shape index (κ3) is 3.33. The largest absolute Gasteiger partial charge is 0.378 e. The zero-order chi connectivity index (χ0) is 13.0. The molecule has 94 valence electrons. The van der Waals surface area contributed by atoms with Crippen molar-refractivity contribution in [2.24, 2.45) is 10.7 Å². The molecule has 1 aromatic rings. The number of carbonyl (C=O) groups is 2. The van der Waals surface area contributed by atoms with Crippen LogP contribution in [-0.2, 0) is 16.1 Å². The van der Waals surface area contributed by atoms with Crippen molar-refractivity contribution in [2.45, 2.75) is 18.2 Å². The first-order valence-corrected chi connectivity index (χ1v) is 6.38. The number of thioether (sulfide) groups is 1. The summed E-state index contributed by atoms with van der Waals surface area (Å²) in [5, 5.41) is 2.53. The van der Waals surface area contributed by atoms with Crippen LogP contribution in [0.15, 0.2) is 35.3 Å². The van der Waals surface area contributed by atoms with Gasteiger partial charge in [0.2, 0.25) is 5.91 Å². The number of nitrogens with two attached hydrogens (primary N) is 1. The van der Waals surface area contributed by atoms with Crippen LogP contribution in [0.5, 0.6) is 0 Å². The zero-order valence-electron chi connectivity index (χ0n) is 9.63. The number of rotatable bonds is 4. The van der Waals surface area contributed by atoms with Crippen LogP contribution in [0.2, 0.25) is 0 Å². The Kier molecular flexibility index (Phi) is 3.99. The smallest absolute Gasteiger partial charge is 0.262 e. The molecule has 0 aliphatic carbocycles. The van der Waals surface area contributed by atoms with Crippen molar-refractivity contribution in [3.8, 4) is 0 Å². The average molecular weight is 263 g/mol. The number of benzene rings is 1. The minimum absolute atomic E-state index is 0.112. The van der Waals surface area contributed by atoms with E-state index in [1.54, 1.807) is 0 Å². The molecule has 2 rings (SSSR count). The first kappa shape index (κ1) is 12.6. The van der Waals surface area contributed by atoms with Gasteiger partial charge in [-0.05, 0) is 5.56 Å². The van der Waals surface area contributed by atoms with Gasteiger partial charge in [0.25, 0.3) is 5.91 Å². The van der Waals surface area contributed by atoms with Crippen molar-refractivity contribution in [3.63, 3.8) is 0 Å². The summed E-state index contributed by atoms with van der Waals surface area (Å²) >= 11 is 1.14. The number of carbonyl (C=O) groups excluding carboxylic acids is 2. The maximum atomic E-state index is 11.7. The summed E-state index contributed by atoms with van der Waals surface area (Å²) in [5.74, 6) is -0.498. The number of hydrogen-bond donors (Lipinski definition) is 2. The maximum absolute atomic E-state index is 11.7. The molecule has 18 heavy (non-hydrogen) atoms. The second-order valence-electron chi connectivity index (χ2n) is 3.86. The Morgan fingerprint density at radius 2 is 2.11 bits per heavy atom. The van der Waals surface area contributed by atoms with Crippen molar-refractivity contribution < 1.29 is 9.59 Å². The second kappa shape index (κ2) is 5.68. The van der Waals surface area contributed by atoms with E-state index >= 15 is 0 Å². The average Bonchev–Trinajstić information content (AvgIpc) is 2.67. The van der Waals surface area contributed by atoms with Gasteiger partial charge in [-0.3, -0.25) is 9.59 Å². The molecule has 6 heteroatoms. The van der Waals surface area contributed by atoms with Crippen molar-refractivity contribution in [2.75, 3.05) is 0 Å². The molecule has 1 heterocycles. The Morgan fingerprint density at radius 3 is 2.72 bits per heavy atom. The predicted molar refractivity (Wildman–Crippen MR) is 70.9 cm³/mol. The van der Waals surface area contributed by atoms with E-state index in [0.29, 0.717) is 6.54 Å². The highest BCUT2D eigenvalue weighted by atomic mass is 32.2. The van der Waals surface area contributed by atoms with Gasteiger partial charge in [-0.2, -0.15) is 4.99 Å².